The Balaban J connectivity index is 1.45. The van der Waals surface area contributed by atoms with Crippen LogP contribution in [0.25, 0.3) is 0 Å². The van der Waals surface area contributed by atoms with E-state index in [9.17, 15) is 14.3 Å². The van der Waals surface area contributed by atoms with Crippen molar-refractivity contribution in [1.82, 2.24) is 20.2 Å². The summed E-state index contributed by atoms with van der Waals surface area (Å²) in [6.07, 6.45) is 1.61. The number of rotatable bonds is 9. The summed E-state index contributed by atoms with van der Waals surface area (Å²) in [5.41, 5.74) is 3.10. The van der Waals surface area contributed by atoms with Gasteiger partial charge in [-0.05, 0) is 49.2 Å². The molecule has 7 nitrogen and oxygen atoms in total. The molecule has 3 aromatic rings. The van der Waals surface area contributed by atoms with Crippen LogP contribution in [0.3, 0.4) is 0 Å². The molecule has 4 rings (SSSR count). The lowest BCUT2D eigenvalue weighted by Gasteiger charge is -2.26. The minimum Gasteiger partial charge on any atom is -0.502 e. The quantitative estimate of drug-likeness (QED) is 0.377. The molecule has 1 aromatic heterocycles. The van der Waals surface area contributed by atoms with E-state index in [0.29, 0.717) is 18.7 Å². The van der Waals surface area contributed by atoms with Crippen molar-refractivity contribution in [3.05, 3.63) is 93.2 Å². The highest BCUT2D eigenvalue weighted by atomic mass is 19.1. The number of halogens is 1. The topological polar surface area (TPSA) is 90.5 Å². The first-order chi connectivity index (χ1) is 18.3. The Morgan fingerprint density at radius 2 is 1.74 bits per heavy atom. The zero-order chi connectivity index (χ0) is 27.0. The Kier molecular flexibility index (Phi) is 9.29. The number of alkyl halides is 1. The van der Waals surface area contributed by atoms with Gasteiger partial charge in [-0.3, -0.25) is 9.69 Å². The van der Waals surface area contributed by atoms with Gasteiger partial charge in [0.25, 0.3) is 5.56 Å². The van der Waals surface area contributed by atoms with Crippen LogP contribution in [-0.4, -0.2) is 65.0 Å². The second-order valence-electron chi connectivity index (χ2n) is 10.3. The van der Waals surface area contributed by atoms with Crippen molar-refractivity contribution >= 4 is 0 Å². The van der Waals surface area contributed by atoms with Crippen molar-refractivity contribution in [3.63, 3.8) is 0 Å². The van der Waals surface area contributed by atoms with Gasteiger partial charge in [-0.25, -0.2) is 9.37 Å². The molecule has 1 atom stereocenters. The number of hydrogen-bond acceptors (Lipinski definition) is 6. The van der Waals surface area contributed by atoms with E-state index in [1.54, 1.807) is 13.8 Å². The van der Waals surface area contributed by atoms with Crippen LogP contribution in [0.2, 0.25) is 0 Å². The van der Waals surface area contributed by atoms with Crippen LogP contribution in [0.5, 0.6) is 5.75 Å². The number of aromatic nitrogens is 2. The van der Waals surface area contributed by atoms with Gasteiger partial charge in [-0.15, -0.1) is 0 Å². The van der Waals surface area contributed by atoms with Crippen molar-refractivity contribution in [2.24, 2.45) is 0 Å². The summed E-state index contributed by atoms with van der Waals surface area (Å²) in [7, 11) is 0. The van der Waals surface area contributed by atoms with E-state index >= 15 is 0 Å². The number of hydrogen-bond donors (Lipinski definition) is 3. The summed E-state index contributed by atoms with van der Waals surface area (Å²) in [6, 6.07) is 16.2. The van der Waals surface area contributed by atoms with E-state index in [1.165, 1.54) is 11.9 Å². The van der Waals surface area contributed by atoms with Crippen LogP contribution < -0.4 is 10.9 Å². The van der Waals surface area contributed by atoms with E-state index < -0.39 is 17.8 Å². The van der Waals surface area contributed by atoms with Gasteiger partial charge in [0, 0.05) is 55.2 Å². The summed E-state index contributed by atoms with van der Waals surface area (Å²) >= 11 is 0. The van der Waals surface area contributed by atoms with Gasteiger partial charge in [0.1, 0.15) is 6.67 Å². The Morgan fingerprint density at radius 1 is 1.11 bits per heavy atom. The summed E-state index contributed by atoms with van der Waals surface area (Å²) in [5.74, 6) is 5.92. The fourth-order valence-electron chi connectivity index (χ4n) is 4.26. The second kappa shape index (κ2) is 12.8. The first-order valence-electron chi connectivity index (χ1n) is 12.9. The third kappa shape index (κ3) is 7.75. The first-order valence-corrected chi connectivity index (χ1v) is 12.9. The number of morpholine rings is 1. The van der Waals surface area contributed by atoms with E-state index in [4.69, 9.17) is 4.74 Å². The monoisotopic (exact) mass is 518 g/mol. The normalized spacial score (nSPS) is 15.0. The molecule has 0 bridgehead atoms. The Bertz CT molecular complexity index is 1300. The molecular weight excluding hydrogens is 483 g/mol. The molecule has 8 heteroatoms. The van der Waals surface area contributed by atoms with Gasteiger partial charge >= 0.3 is 0 Å². The molecule has 200 valence electrons. The van der Waals surface area contributed by atoms with Gasteiger partial charge in [-0.2, -0.15) is 0 Å². The fraction of sp³-hybridized carbons (Fsp3) is 0.400. The molecular formula is C30H35FN4O3. The molecule has 0 radical (unpaired) electrons. The minimum absolute atomic E-state index is 0.137. The van der Waals surface area contributed by atoms with Crippen molar-refractivity contribution < 1.29 is 14.2 Å². The summed E-state index contributed by atoms with van der Waals surface area (Å²) in [6.45, 7) is 7.95. The van der Waals surface area contributed by atoms with Crippen LogP contribution in [0, 0.1) is 11.8 Å². The third-order valence-corrected chi connectivity index (χ3v) is 6.70. The van der Waals surface area contributed by atoms with Gasteiger partial charge in [-0.1, -0.05) is 36.1 Å². The molecule has 0 aliphatic carbocycles. The summed E-state index contributed by atoms with van der Waals surface area (Å²) in [4.78, 5) is 20.7. The zero-order valence-electron chi connectivity index (χ0n) is 22.0. The minimum atomic E-state index is -0.689. The van der Waals surface area contributed by atoms with E-state index in [-0.39, 0.29) is 11.7 Å². The number of nitrogens with one attached hydrogen (secondary N) is 2. The van der Waals surface area contributed by atoms with Crippen LogP contribution >= 0.6 is 0 Å². The van der Waals surface area contributed by atoms with Crippen LogP contribution in [-0.2, 0) is 17.7 Å². The third-order valence-electron chi connectivity index (χ3n) is 6.70. The molecule has 2 heterocycles. The van der Waals surface area contributed by atoms with Crippen molar-refractivity contribution in [2.45, 2.75) is 38.3 Å². The van der Waals surface area contributed by atoms with E-state index in [1.807, 2.05) is 36.4 Å². The zero-order valence-corrected chi connectivity index (χ0v) is 22.0. The molecule has 1 saturated heterocycles. The molecule has 38 heavy (non-hydrogen) atoms. The molecule has 1 aliphatic heterocycles. The fourth-order valence-corrected chi connectivity index (χ4v) is 4.26. The van der Waals surface area contributed by atoms with Crippen molar-refractivity contribution in [3.8, 4) is 17.6 Å². The van der Waals surface area contributed by atoms with Gasteiger partial charge in [0.15, 0.2) is 0 Å². The highest BCUT2D eigenvalue weighted by molar-refractivity contribution is 5.44. The Morgan fingerprint density at radius 3 is 2.37 bits per heavy atom. The highest BCUT2D eigenvalue weighted by Crippen LogP contribution is 2.24. The van der Waals surface area contributed by atoms with E-state index in [0.717, 1.165) is 49.5 Å². The number of aromatic hydroxyl groups is 1. The Labute approximate surface area is 223 Å². The van der Waals surface area contributed by atoms with Gasteiger partial charge in [0.2, 0.25) is 5.75 Å². The average molecular weight is 519 g/mol. The average Bonchev–Trinajstić information content (AvgIpc) is 2.94. The number of aromatic amines is 1. The molecule has 0 saturated carbocycles. The highest BCUT2D eigenvalue weighted by Gasteiger charge is 2.22. The lowest BCUT2D eigenvalue weighted by molar-refractivity contribution is 0.0342. The van der Waals surface area contributed by atoms with E-state index in [2.05, 4.69) is 44.2 Å². The molecule has 3 N–H and O–H groups in total. The number of H-pyrrole nitrogens is 1. The number of nitrogens with zero attached hydrogens (tertiary/aromatic N) is 2. The second-order valence-corrected chi connectivity index (χ2v) is 10.3. The maximum atomic E-state index is 13.4. The molecule has 1 fully saturated rings. The number of ether oxygens (including phenoxy) is 1. The summed E-state index contributed by atoms with van der Waals surface area (Å²) < 4.78 is 18.8. The van der Waals surface area contributed by atoms with Gasteiger partial charge < -0.3 is 20.1 Å². The van der Waals surface area contributed by atoms with Crippen LogP contribution in [0.1, 0.15) is 47.7 Å². The lowest BCUT2D eigenvalue weighted by atomic mass is 9.92. The van der Waals surface area contributed by atoms with Crippen molar-refractivity contribution in [1.29, 1.82) is 0 Å². The van der Waals surface area contributed by atoms with Gasteiger partial charge in [0.05, 0.1) is 25.2 Å². The van der Waals surface area contributed by atoms with Crippen LogP contribution in [0.15, 0.2) is 59.7 Å². The SMILES string of the molecule is CC(C)(CF)NCC(Cc1nc[nH]c(=O)c1O)c1ccc(C#Cc2ccc(CN3CCOCC3)cc2)cc1. The first kappa shape index (κ1) is 27.5. The number of benzene rings is 2. The smallest absolute Gasteiger partial charge is 0.293 e. The predicted octanol–water partition coefficient (Wildman–Crippen LogP) is 3.37. The lowest BCUT2D eigenvalue weighted by Crippen LogP contribution is -2.43. The standard InChI is InChI=1S/C30H35FN4O3/c1-30(2,20-31)34-18-26(17-27-28(36)29(37)33-21-32-27)25-11-9-23(10-12-25)4-3-22-5-7-24(8-6-22)19-35-13-15-38-16-14-35/h5-12,21,26,34,36H,13-20H2,1-2H3,(H,32,33,37). The Hall–Kier alpha value is -3.51. The predicted molar refractivity (Wildman–Crippen MR) is 146 cm³/mol. The molecule has 0 amide bonds. The molecule has 1 aliphatic rings. The molecule has 0 spiro atoms. The molecule has 1 unspecified atom stereocenters. The van der Waals surface area contributed by atoms with Crippen LogP contribution in [0.4, 0.5) is 4.39 Å². The largest absolute Gasteiger partial charge is 0.502 e. The molecule has 2 aromatic carbocycles. The maximum absolute atomic E-state index is 13.4. The maximum Gasteiger partial charge on any atom is 0.293 e. The summed E-state index contributed by atoms with van der Waals surface area (Å²) in [5, 5.41) is 13.4. The van der Waals surface area contributed by atoms with Crippen molar-refractivity contribution in [2.75, 3.05) is 39.5 Å².